The third kappa shape index (κ3) is 3.58. The Hall–Kier alpha value is -1.95. The predicted molar refractivity (Wildman–Crippen MR) is 77.8 cm³/mol. The van der Waals surface area contributed by atoms with Crippen molar-refractivity contribution in [3.8, 4) is 11.5 Å². The number of amides is 2. The van der Waals surface area contributed by atoms with Crippen molar-refractivity contribution in [2.24, 2.45) is 5.73 Å². The molecule has 0 saturated carbocycles. The van der Waals surface area contributed by atoms with Crippen molar-refractivity contribution in [2.75, 3.05) is 20.2 Å². The number of benzene rings is 1. The second kappa shape index (κ2) is 6.67. The third-order valence-electron chi connectivity index (χ3n) is 3.44. The second-order valence-electron chi connectivity index (χ2n) is 4.81. The van der Waals surface area contributed by atoms with Crippen LogP contribution in [0.25, 0.3) is 0 Å². The van der Waals surface area contributed by atoms with Crippen molar-refractivity contribution in [1.82, 2.24) is 4.90 Å². The van der Waals surface area contributed by atoms with E-state index in [1.54, 1.807) is 11.0 Å². The van der Waals surface area contributed by atoms with Gasteiger partial charge in [0.05, 0.1) is 17.7 Å². The summed E-state index contributed by atoms with van der Waals surface area (Å²) in [6, 6.07) is 3.01. The average Bonchev–Trinajstić information content (AvgIpc) is 2.49. The van der Waals surface area contributed by atoms with Gasteiger partial charge in [-0.05, 0) is 6.07 Å². The van der Waals surface area contributed by atoms with Crippen LogP contribution in [0.2, 0.25) is 5.02 Å². The molecule has 6 nitrogen and oxygen atoms in total. The fraction of sp³-hybridized carbons (Fsp3) is 0.429. The van der Waals surface area contributed by atoms with Crippen LogP contribution in [-0.2, 0) is 4.79 Å². The van der Waals surface area contributed by atoms with Crippen LogP contribution in [0.1, 0.15) is 23.2 Å². The smallest absolute Gasteiger partial charge is 0.252 e. The fourth-order valence-corrected chi connectivity index (χ4v) is 2.47. The Morgan fingerprint density at radius 1 is 1.38 bits per heavy atom. The highest BCUT2D eigenvalue weighted by Crippen LogP contribution is 2.34. The SMILES string of the molecule is COc1cc(OC2CCN(C=O)CC2)c(Cl)cc1C(N)=O. The molecule has 1 aliphatic rings. The number of ether oxygens (including phenoxy) is 2. The molecule has 7 heteroatoms. The van der Waals surface area contributed by atoms with Crippen LogP contribution >= 0.6 is 11.6 Å². The van der Waals surface area contributed by atoms with E-state index in [0.29, 0.717) is 29.6 Å². The lowest BCUT2D eigenvalue weighted by molar-refractivity contribution is -0.119. The minimum Gasteiger partial charge on any atom is -0.496 e. The summed E-state index contributed by atoms with van der Waals surface area (Å²) in [5.41, 5.74) is 5.48. The van der Waals surface area contributed by atoms with Gasteiger partial charge in [0.1, 0.15) is 17.6 Å². The van der Waals surface area contributed by atoms with Crippen LogP contribution < -0.4 is 15.2 Å². The van der Waals surface area contributed by atoms with E-state index in [1.807, 2.05) is 0 Å². The zero-order chi connectivity index (χ0) is 15.4. The molecule has 2 rings (SSSR count). The molecule has 1 fully saturated rings. The van der Waals surface area contributed by atoms with Gasteiger partial charge in [0.25, 0.3) is 5.91 Å². The maximum atomic E-state index is 11.3. The zero-order valence-electron chi connectivity index (χ0n) is 11.7. The number of piperidine rings is 1. The number of carbonyl (C=O) groups excluding carboxylic acids is 2. The zero-order valence-corrected chi connectivity index (χ0v) is 12.4. The van der Waals surface area contributed by atoms with Crippen LogP contribution in [0, 0.1) is 0 Å². The van der Waals surface area contributed by atoms with Crippen LogP contribution in [0.15, 0.2) is 12.1 Å². The quantitative estimate of drug-likeness (QED) is 0.834. The maximum absolute atomic E-state index is 11.3. The Balaban J connectivity index is 2.13. The summed E-state index contributed by atoms with van der Waals surface area (Å²) < 4.78 is 11.0. The highest BCUT2D eigenvalue weighted by atomic mass is 35.5. The number of methoxy groups -OCH3 is 1. The first-order chi connectivity index (χ1) is 10.0. The van der Waals surface area contributed by atoms with Crippen molar-refractivity contribution in [2.45, 2.75) is 18.9 Å². The normalized spacial score (nSPS) is 15.6. The van der Waals surface area contributed by atoms with E-state index in [-0.39, 0.29) is 11.7 Å². The summed E-state index contributed by atoms with van der Waals surface area (Å²) >= 11 is 6.12. The Morgan fingerprint density at radius 3 is 2.57 bits per heavy atom. The topological polar surface area (TPSA) is 81.9 Å². The molecule has 0 atom stereocenters. The van der Waals surface area contributed by atoms with Gasteiger partial charge in [-0.1, -0.05) is 11.6 Å². The molecule has 114 valence electrons. The molecule has 0 unspecified atom stereocenters. The number of nitrogens with zero attached hydrogens (tertiary/aromatic N) is 1. The molecule has 2 amide bonds. The van der Waals surface area contributed by atoms with Gasteiger partial charge in [0.15, 0.2) is 0 Å². The van der Waals surface area contributed by atoms with Crippen LogP contribution in [-0.4, -0.2) is 43.5 Å². The minimum absolute atomic E-state index is 0.0252. The van der Waals surface area contributed by atoms with Gasteiger partial charge in [-0.15, -0.1) is 0 Å². The molecule has 1 heterocycles. The van der Waals surface area contributed by atoms with Crippen LogP contribution in [0.4, 0.5) is 0 Å². The van der Waals surface area contributed by atoms with E-state index in [0.717, 1.165) is 19.3 Å². The lowest BCUT2D eigenvalue weighted by Gasteiger charge is -2.29. The number of halogens is 1. The summed E-state index contributed by atoms with van der Waals surface area (Å²) in [6.45, 7) is 1.31. The molecule has 0 aromatic heterocycles. The fourth-order valence-electron chi connectivity index (χ4n) is 2.27. The number of carbonyl (C=O) groups is 2. The highest BCUT2D eigenvalue weighted by molar-refractivity contribution is 6.32. The van der Waals surface area contributed by atoms with Gasteiger partial charge in [-0.3, -0.25) is 9.59 Å². The van der Waals surface area contributed by atoms with Gasteiger partial charge in [-0.25, -0.2) is 0 Å². The summed E-state index contributed by atoms with van der Waals surface area (Å²) in [4.78, 5) is 23.7. The molecule has 1 aliphatic heterocycles. The highest BCUT2D eigenvalue weighted by Gasteiger charge is 2.22. The molecular weight excluding hydrogens is 296 g/mol. The molecule has 1 saturated heterocycles. The molecule has 1 aromatic rings. The Kier molecular flexibility index (Phi) is 4.90. The van der Waals surface area contributed by atoms with Gasteiger partial charge in [-0.2, -0.15) is 0 Å². The molecular formula is C14H17ClN2O4. The van der Waals surface area contributed by atoms with Crippen molar-refractivity contribution in [3.05, 3.63) is 22.7 Å². The van der Waals surface area contributed by atoms with E-state index in [2.05, 4.69) is 0 Å². The van der Waals surface area contributed by atoms with Crippen molar-refractivity contribution < 1.29 is 19.1 Å². The number of hydrogen-bond donors (Lipinski definition) is 1. The van der Waals surface area contributed by atoms with E-state index in [9.17, 15) is 9.59 Å². The third-order valence-corrected chi connectivity index (χ3v) is 3.73. The number of primary amides is 1. The molecule has 2 N–H and O–H groups in total. The molecule has 21 heavy (non-hydrogen) atoms. The van der Waals surface area contributed by atoms with Gasteiger partial charge in [0, 0.05) is 32.0 Å². The summed E-state index contributed by atoms with van der Waals surface area (Å²) in [7, 11) is 1.45. The van der Waals surface area contributed by atoms with Crippen molar-refractivity contribution >= 4 is 23.9 Å². The summed E-state index contributed by atoms with van der Waals surface area (Å²) in [6.07, 6.45) is 2.28. The first kappa shape index (κ1) is 15.4. The van der Waals surface area contributed by atoms with Crippen LogP contribution in [0.5, 0.6) is 11.5 Å². The molecule has 0 bridgehead atoms. The Morgan fingerprint density at radius 2 is 2.05 bits per heavy atom. The maximum Gasteiger partial charge on any atom is 0.252 e. The van der Waals surface area contributed by atoms with E-state index in [4.69, 9.17) is 26.8 Å². The van der Waals surface area contributed by atoms with Crippen LogP contribution in [0.3, 0.4) is 0 Å². The summed E-state index contributed by atoms with van der Waals surface area (Å²) in [5, 5.41) is 0.308. The first-order valence-electron chi connectivity index (χ1n) is 6.58. The summed E-state index contributed by atoms with van der Waals surface area (Å²) in [5.74, 6) is 0.162. The van der Waals surface area contributed by atoms with Gasteiger partial charge >= 0.3 is 0 Å². The molecule has 1 aromatic carbocycles. The van der Waals surface area contributed by atoms with E-state index >= 15 is 0 Å². The Bertz CT molecular complexity index is 542. The average molecular weight is 313 g/mol. The molecule has 0 radical (unpaired) electrons. The molecule has 0 aliphatic carbocycles. The van der Waals surface area contributed by atoms with Gasteiger partial charge in [0.2, 0.25) is 6.41 Å². The van der Waals surface area contributed by atoms with E-state index in [1.165, 1.54) is 13.2 Å². The molecule has 0 spiro atoms. The Labute approximate surface area is 127 Å². The standard InChI is InChI=1S/C14H17ClN2O4/c1-20-12-7-13(11(15)6-10(12)14(16)19)21-9-2-4-17(8-18)5-3-9/h6-9H,2-5H2,1H3,(H2,16,19). The monoisotopic (exact) mass is 312 g/mol. The predicted octanol–water partition coefficient (Wildman–Crippen LogP) is 1.45. The minimum atomic E-state index is -0.611. The van der Waals surface area contributed by atoms with Gasteiger partial charge < -0.3 is 20.1 Å². The lowest BCUT2D eigenvalue weighted by Crippen LogP contribution is -2.37. The number of hydrogen-bond acceptors (Lipinski definition) is 4. The number of likely N-dealkylation sites (tertiary alicyclic amines) is 1. The number of rotatable bonds is 5. The van der Waals surface area contributed by atoms with E-state index < -0.39 is 5.91 Å². The van der Waals surface area contributed by atoms with Crippen molar-refractivity contribution in [1.29, 1.82) is 0 Å². The first-order valence-corrected chi connectivity index (χ1v) is 6.96. The number of nitrogens with two attached hydrogens (primary N) is 1. The second-order valence-corrected chi connectivity index (χ2v) is 5.21. The lowest BCUT2D eigenvalue weighted by atomic mass is 10.1. The van der Waals surface area contributed by atoms with Crippen molar-refractivity contribution in [3.63, 3.8) is 0 Å². The largest absolute Gasteiger partial charge is 0.496 e.